The Balaban J connectivity index is 1.53. The Morgan fingerprint density at radius 1 is 0.938 bits per heavy atom. The third-order valence-electron chi connectivity index (χ3n) is 5.09. The first kappa shape index (κ1) is 21.9. The number of carbonyl (C=O) groups is 1. The number of benzene rings is 3. The van der Waals surface area contributed by atoms with E-state index in [-0.39, 0.29) is 16.6 Å². The van der Waals surface area contributed by atoms with Gasteiger partial charge in [0.2, 0.25) is 0 Å². The molecule has 0 aliphatic carbocycles. The lowest BCUT2D eigenvalue weighted by Gasteiger charge is -2.10. The van der Waals surface area contributed by atoms with Crippen molar-refractivity contribution < 1.29 is 13.2 Å². The van der Waals surface area contributed by atoms with E-state index in [2.05, 4.69) is 29.4 Å². The Kier molecular flexibility index (Phi) is 6.48. The monoisotopic (exact) mass is 462 g/mol. The summed E-state index contributed by atoms with van der Waals surface area (Å²) in [6.45, 7) is 2.11. The molecule has 7 heteroatoms. The van der Waals surface area contributed by atoms with Crippen molar-refractivity contribution in [2.75, 3.05) is 5.32 Å². The fourth-order valence-corrected chi connectivity index (χ4v) is 5.44. The zero-order valence-corrected chi connectivity index (χ0v) is 19.1. The standard InChI is InChI=1S/C25H22N2O3S2/c1-2-18-12-14-19(15-13-18)23-16-31-25(26-23)27-24(28)22-11-7-6-8-20(22)17-32(29,30)21-9-4-3-5-10-21/h3-16H,2,17H2,1H3,(H,26,27,28). The number of hydrogen-bond donors (Lipinski definition) is 1. The van der Waals surface area contributed by atoms with Gasteiger partial charge in [-0.1, -0.05) is 67.6 Å². The Morgan fingerprint density at radius 2 is 1.62 bits per heavy atom. The molecule has 0 aliphatic heterocycles. The highest BCUT2D eigenvalue weighted by molar-refractivity contribution is 7.90. The van der Waals surface area contributed by atoms with Crippen LogP contribution >= 0.6 is 11.3 Å². The summed E-state index contributed by atoms with van der Waals surface area (Å²) in [6, 6.07) is 23.2. The molecular formula is C25H22N2O3S2. The van der Waals surface area contributed by atoms with Crippen LogP contribution in [-0.4, -0.2) is 19.3 Å². The summed E-state index contributed by atoms with van der Waals surface area (Å²) in [7, 11) is -3.57. The molecule has 1 amide bonds. The van der Waals surface area contributed by atoms with Crippen molar-refractivity contribution in [3.8, 4) is 11.3 Å². The molecule has 0 atom stereocenters. The number of hydrogen-bond acceptors (Lipinski definition) is 5. The van der Waals surface area contributed by atoms with Crippen LogP contribution in [0, 0.1) is 0 Å². The van der Waals surface area contributed by atoms with Crippen molar-refractivity contribution in [2.45, 2.75) is 24.0 Å². The minimum Gasteiger partial charge on any atom is -0.298 e. The average Bonchev–Trinajstić information content (AvgIpc) is 3.28. The molecule has 0 spiro atoms. The van der Waals surface area contributed by atoms with Crippen LogP contribution in [0.25, 0.3) is 11.3 Å². The molecule has 0 fully saturated rings. The summed E-state index contributed by atoms with van der Waals surface area (Å²) < 4.78 is 25.6. The molecule has 0 unspecified atom stereocenters. The summed E-state index contributed by atoms with van der Waals surface area (Å²) in [5, 5.41) is 5.16. The molecule has 0 aliphatic rings. The number of sulfone groups is 1. The van der Waals surface area contributed by atoms with E-state index in [1.165, 1.54) is 16.9 Å². The van der Waals surface area contributed by atoms with Gasteiger partial charge in [0.1, 0.15) is 0 Å². The van der Waals surface area contributed by atoms with Gasteiger partial charge in [-0.05, 0) is 35.7 Å². The average molecular weight is 463 g/mol. The van der Waals surface area contributed by atoms with Crippen molar-refractivity contribution in [1.29, 1.82) is 0 Å². The Labute approximate surface area is 191 Å². The normalized spacial score (nSPS) is 11.3. The molecule has 0 saturated heterocycles. The van der Waals surface area contributed by atoms with Gasteiger partial charge in [0, 0.05) is 16.5 Å². The van der Waals surface area contributed by atoms with Crippen molar-refractivity contribution >= 4 is 32.2 Å². The molecular weight excluding hydrogens is 440 g/mol. The van der Waals surface area contributed by atoms with Crippen molar-refractivity contribution in [1.82, 2.24) is 4.98 Å². The van der Waals surface area contributed by atoms with E-state index >= 15 is 0 Å². The number of nitrogens with zero attached hydrogens (tertiary/aromatic N) is 1. The van der Waals surface area contributed by atoms with E-state index in [1.54, 1.807) is 54.6 Å². The molecule has 1 N–H and O–H groups in total. The SMILES string of the molecule is CCc1ccc(-c2csc(NC(=O)c3ccccc3CS(=O)(=O)c3ccccc3)n2)cc1. The molecule has 3 aromatic carbocycles. The highest BCUT2D eigenvalue weighted by Gasteiger charge is 2.20. The van der Waals surface area contributed by atoms with Crippen LogP contribution in [0.4, 0.5) is 5.13 Å². The molecule has 4 aromatic rings. The summed E-state index contributed by atoms with van der Waals surface area (Å²) in [4.78, 5) is 17.7. The van der Waals surface area contributed by atoms with E-state index in [9.17, 15) is 13.2 Å². The van der Waals surface area contributed by atoms with E-state index in [4.69, 9.17) is 0 Å². The second-order valence-corrected chi connectivity index (χ2v) is 10.1. The van der Waals surface area contributed by atoms with E-state index < -0.39 is 9.84 Å². The van der Waals surface area contributed by atoms with E-state index in [1.807, 2.05) is 17.5 Å². The van der Waals surface area contributed by atoms with Crippen LogP contribution in [0.2, 0.25) is 0 Å². The third kappa shape index (κ3) is 4.95. The van der Waals surface area contributed by atoms with Crippen LogP contribution in [0.5, 0.6) is 0 Å². The van der Waals surface area contributed by atoms with Crippen molar-refractivity contribution in [3.05, 3.63) is 101 Å². The number of carbonyl (C=O) groups excluding carboxylic acids is 1. The summed E-state index contributed by atoms with van der Waals surface area (Å²) in [6.07, 6.45) is 0.970. The van der Waals surface area contributed by atoms with Crippen LogP contribution in [0.3, 0.4) is 0 Å². The molecule has 32 heavy (non-hydrogen) atoms. The zero-order chi connectivity index (χ0) is 22.6. The molecule has 1 heterocycles. The van der Waals surface area contributed by atoms with Crippen LogP contribution in [0.15, 0.2) is 89.1 Å². The third-order valence-corrected chi connectivity index (χ3v) is 7.53. The number of amides is 1. The Morgan fingerprint density at radius 3 is 2.34 bits per heavy atom. The number of nitrogens with one attached hydrogen (secondary N) is 1. The van der Waals surface area contributed by atoms with Gasteiger partial charge >= 0.3 is 0 Å². The second kappa shape index (κ2) is 9.46. The topological polar surface area (TPSA) is 76.1 Å². The Hall–Kier alpha value is -3.29. The van der Waals surface area contributed by atoms with E-state index in [0.29, 0.717) is 16.3 Å². The maximum absolute atomic E-state index is 12.9. The lowest BCUT2D eigenvalue weighted by molar-refractivity contribution is 0.102. The van der Waals surface area contributed by atoms with Gasteiger partial charge in [-0.25, -0.2) is 13.4 Å². The number of aryl methyl sites for hydroxylation is 1. The quantitative estimate of drug-likeness (QED) is 0.388. The minimum atomic E-state index is -3.57. The molecule has 1 aromatic heterocycles. The van der Waals surface area contributed by atoms with Gasteiger partial charge in [-0.15, -0.1) is 11.3 Å². The largest absolute Gasteiger partial charge is 0.298 e. The lowest BCUT2D eigenvalue weighted by atomic mass is 10.1. The molecule has 0 saturated carbocycles. The van der Waals surface area contributed by atoms with Gasteiger partial charge in [0.15, 0.2) is 15.0 Å². The summed E-state index contributed by atoms with van der Waals surface area (Å²) in [5.41, 5.74) is 3.78. The molecule has 4 rings (SSSR count). The number of aromatic nitrogens is 1. The maximum atomic E-state index is 12.9. The highest BCUT2D eigenvalue weighted by Crippen LogP contribution is 2.26. The van der Waals surface area contributed by atoms with Gasteiger partial charge in [0.25, 0.3) is 5.91 Å². The molecule has 0 bridgehead atoms. The smallest absolute Gasteiger partial charge is 0.257 e. The van der Waals surface area contributed by atoms with Gasteiger partial charge in [-0.3, -0.25) is 10.1 Å². The zero-order valence-electron chi connectivity index (χ0n) is 17.5. The summed E-state index contributed by atoms with van der Waals surface area (Å²) in [5.74, 6) is -0.640. The number of thiazole rings is 1. The predicted molar refractivity (Wildman–Crippen MR) is 129 cm³/mol. The fraction of sp³-hybridized carbons (Fsp3) is 0.120. The van der Waals surface area contributed by atoms with Crippen LogP contribution in [0.1, 0.15) is 28.4 Å². The first-order chi connectivity index (χ1) is 15.5. The Bertz CT molecular complexity index is 1330. The molecule has 0 radical (unpaired) electrons. The summed E-state index contributed by atoms with van der Waals surface area (Å²) >= 11 is 1.33. The first-order valence-electron chi connectivity index (χ1n) is 10.2. The van der Waals surface area contributed by atoms with Crippen molar-refractivity contribution in [2.24, 2.45) is 0 Å². The fourth-order valence-electron chi connectivity index (χ4n) is 3.32. The van der Waals surface area contributed by atoms with Crippen molar-refractivity contribution in [3.63, 3.8) is 0 Å². The minimum absolute atomic E-state index is 0.230. The molecule has 162 valence electrons. The maximum Gasteiger partial charge on any atom is 0.257 e. The van der Waals surface area contributed by atoms with Gasteiger partial charge in [-0.2, -0.15) is 0 Å². The predicted octanol–water partition coefficient (Wildman–Crippen LogP) is 5.60. The van der Waals surface area contributed by atoms with Crippen LogP contribution < -0.4 is 5.32 Å². The second-order valence-electron chi connectivity index (χ2n) is 7.27. The number of rotatable bonds is 7. The lowest BCUT2D eigenvalue weighted by Crippen LogP contribution is -2.16. The van der Waals surface area contributed by atoms with Gasteiger partial charge < -0.3 is 0 Å². The van der Waals surface area contributed by atoms with Gasteiger partial charge in [0.05, 0.1) is 16.3 Å². The van der Waals surface area contributed by atoms with E-state index in [0.717, 1.165) is 17.7 Å². The molecule has 5 nitrogen and oxygen atoms in total. The highest BCUT2D eigenvalue weighted by atomic mass is 32.2. The number of anilines is 1. The van der Waals surface area contributed by atoms with Crippen LogP contribution in [-0.2, 0) is 22.0 Å². The first-order valence-corrected chi connectivity index (χ1v) is 12.7.